The summed E-state index contributed by atoms with van der Waals surface area (Å²) in [6.45, 7) is 0. The van der Waals surface area contributed by atoms with Crippen LogP contribution in [0.3, 0.4) is 0 Å². The predicted octanol–water partition coefficient (Wildman–Crippen LogP) is 2.06. The zero-order valence-corrected chi connectivity index (χ0v) is 15.6. The number of amides is 1. The molecule has 4 aromatic rings. The highest BCUT2D eigenvalue weighted by atomic mass is 16.3. The van der Waals surface area contributed by atoms with Crippen LogP contribution in [0.1, 0.15) is 23.2 Å². The standard InChI is InChI=1S/C19H18N8O2/c1-26-10-20-17(25-26)11-6-13(8-14(28)7-11)23-19(29)15-9-21-27-5-4-16(24-18(15)27)22-12-2-3-12/h4-10,12,28H,2-3H2,1H3,(H,22,24)(H,23,29). The summed E-state index contributed by atoms with van der Waals surface area (Å²) in [5.74, 6) is 0.795. The fraction of sp³-hybridized carbons (Fsp3) is 0.211. The minimum atomic E-state index is -0.374. The fourth-order valence-electron chi connectivity index (χ4n) is 3.03. The molecule has 146 valence electrons. The molecule has 1 fully saturated rings. The van der Waals surface area contributed by atoms with Crippen LogP contribution in [0.4, 0.5) is 11.5 Å². The number of nitrogens with zero attached hydrogens (tertiary/aromatic N) is 6. The van der Waals surface area contributed by atoms with E-state index in [1.54, 1.807) is 34.8 Å². The van der Waals surface area contributed by atoms with Gasteiger partial charge in [-0.3, -0.25) is 9.48 Å². The van der Waals surface area contributed by atoms with Gasteiger partial charge in [-0.1, -0.05) is 0 Å². The van der Waals surface area contributed by atoms with Gasteiger partial charge >= 0.3 is 0 Å². The van der Waals surface area contributed by atoms with E-state index in [0.29, 0.717) is 34.3 Å². The molecule has 29 heavy (non-hydrogen) atoms. The molecular formula is C19H18N8O2. The lowest BCUT2D eigenvalue weighted by molar-refractivity contribution is 0.102. The van der Waals surface area contributed by atoms with Crippen LogP contribution in [0, 0.1) is 0 Å². The molecule has 3 heterocycles. The van der Waals surface area contributed by atoms with Crippen LogP contribution in [0.15, 0.2) is 43.0 Å². The first kappa shape index (κ1) is 17.2. The van der Waals surface area contributed by atoms with E-state index in [-0.39, 0.29) is 11.7 Å². The molecule has 10 heteroatoms. The van der Waals surface area contributed by atoms with Crippen molar-refractivity contribution in [3.05, 3.63) is 48.5 Å². The summed E-state index contributed by atoms with van der Waals surface area (Å²) in [4.78, 5) is 21.6. The Balaban J connectivity index is 1.43. The molecule has 1 aliphatic rings. The van der Waals surface area contributed by atoms with Crippen molar-refractivity contribution in [2.24, 2.45) is 7.05 Å². The topological polar surface area (TPSA) is 122 Å². The van der Waals surface area contributed by atoms with Crippen molar-refractivity contribution < 1.29 is 9.90 Å². The summed E-state index contributed by atoms with van der Waals surface area (Å²) in [6, 6.07) is 6.99. The number of benzene rings is 1. The number of carbonyl (C=O) groups is 1. The monoisotopic (exact) mass is 390 g/mol. The summed E-state index contributed by atoms with van der Waals surface area (Å²) in [6.07, 6.45) is 7.07. The predicted molar refractivity (Wildman–Crippen MR) is 106 cm³/mol. The second-order valence-corrected chi connectivity index (χ2v) is 7.02. The third-order valence-corrected chi connectivity index (χ3v) is 4.58. The number of phenolic OH excluding ortho intramolecular Hbond substituents is 1. The first-order chi connectivity index (χ1) is 14.0. The molecule has 1 aromatic carbocycles. The number of carbonyl (C=O) groups excluding carboxylic acids is 1. The summed E-state index contributed by atoms with van der Waals surface area (Å²) < 4.78 is 3.12. The number of fused-ring (bicyclic) bond motifs is 1. The Hall–Kier alpha value is -3.95. The molecule has 3 N–H and O–H groups in total. The number of aromatic nitrogens is 6. The van der Waals surface area contributed by atoms with E-state index in [4.69, 9.17) is 0 Å². The highest BCUT2D eigenvalue weighted by Gasteiger charge is 2.22. The van der Waals surface area contributed by atoms with Crippen molar-refractivity contribution in [1.82, 2.24) is 29.4 Å². The van der Waals surface area contributed by atoms with Gasteiger partial charge < -0.3 is 15.7 Å². The van der Waals surface area contributed by atoms with Gasteiger partial charge in [-0.2, -0.15) is 10.2 Å². The first-order valence-corrected chi connectivity index (χ1v) is 9.17. The Bertz CT molecular complexity index is 1220. The van der Waals surface area contributed by atoms with Crippen LogP contribution in [0.2, 0.25) is 0 Å². The van der Waals surface area contributed by atoms with E-state index in [9.17, 15) is 9.90 Å². The molecule has 1 amide bonds. The lowest BCUT2D eigenvalue weighted by Crippen LogP contribution is -2.12. The molecule has 0 spiro atoms. The number of hydrogen-bond acceptors (Lipinski definition) is 7. The number of phenols is 1. The number of hydrogen-bond donors (Lipinski definition) is 3. The van der Waals surface area contributed by atoms with Crippen LogP contribution in [-0.4, -0.2) is 46.4 Å². The van der Waals surface area contributed by atoms with E-state index in [1.807, 2.05) is 6.07 Å². The maximum Gasteiger partial charge on any atom is 0.261 e. The third kappa shape index (κ3) is 3.47. The van der Waals surface area contributed by atoms with Gasteiger partial charge in [0.1, 0.15) is 23.5 Å². The van der Waals surface area contributed by atoms with E-state index in [1.165, 1.54) is 18.3 Å². The van der Waals surface area contributed by atoms with Gasteiger partial charge in [-0.15, -0.1) is 0 Å². The van der Waals surface area contributed by atoms with Gasteiger partial charge in [0.05, 0.1) is 6.20 Å². The zero-order chi connectivity index (χ0) is 20.0. The number of anilines is 2. The average molecular weight is 390 g/mol. The lowest BCUT2D eigenvalue weighted by atomic mass is 10.1. The van der Waals surface area contributed by atoms with Gasteiger partial charge in [-0.25, -0.2) is 14.5 Å². The molecule has 3 aromatic heterocycles. The minimum absolute atomic E-state index is 0.000776. The van der Waals surface area contributed by atoms with Crippen molar-refractivity contribution in [2.45, 2.75) is 18.9 Å². The van der Waals surface area contributed by atoms with Gasteiger partial charge in [-0.05, 0) is 31.0 Å². The van der Waals surface area contributed by atoms with E-state index in [2.05, 4.69) is 30.8 Å². The maximum atomic E-state index is 12.9. The van der Waals surface area contributed by atoms with E-state index in [0.717, 1.165) is 18.7 Å². The summed E-state index contributed by atoms with van der Waals surface area (Å²) >= 11 is 0. The van der Waals surface area contributed by atoms with Gasteiger partial charge in [0.25, 0.3) is 5.91 Å². The smallest absolute Gasteiger partial charge is 0.261 e. The Morgan fingerprint density at radius 2 is 2.14 bits per heavy atom. The largest absolute Gasteiger partial charge is 0.508 e. The van der Waals surface area contributed by atoms with Crippen molar-refractivity contribution in [3.63, 3.8) is 0 Å². The van der Waals surface area contributed by atoms with Crippen LogP contribution in [-0.2, 0) is 7.05 Å². The fourth-order valence-corrected chi connectivity index (χ4v) is 3.03. The number of rotatable bonds is 5. The van der Waals surface area contributed by atoms with Crippen LogP contribution in [0.25, 0.3) is 17.0 Å². The Kier molecular flexibility index (Phi) is 3.90. The van der Waals surface area contributed by atoms with Crippen LogP contribution < -0.4 is 10.6 Å². The summed E-state index contributed by atoms with van der Waals surface area (Å²) in [5.41, 5.74) is 1.81. The molecule has 1 aliphatic carbocycles. The van der Waals surface area contributed by atoms with Gasteiger partial charge in [0.2, 0.25) is 0 Å². The molecule has 0 saturated heterocycles. The molecule has 0 radical (unpaired) electrons. The molecule has 10 nitrogen and oxygen atoms in total. The highest BCUT2D eigenvalue weighted by molar-refractivity contribution is 6.08. The summed E-state index contributed by atoms with van der Waals surface area (Å²) in [7, 11) is 1.76. The van der Waals surface area contributed by atoms with E-state index < -0.39 is 0 Å². The molecular weight excluding hydrogens is 372 g/mol. The normalized spacial score (nSPS) is 13.6. The number of nitrogens with one attached hydrogen (secondary N) is 2. The maximum absolute atomic E-state index is 12.9. The van der Waals surface area contributed by atoms with Crippen molar-refractivity contribution >= 4 is 23.1 Å². The van der Waals surface area contributed by atoms with Gasteiger partial charge in [0.15, 0.2) is 11.5 Å². The minimum Gasteiger partial charge on any atom is -0.508 e. The quantitative estimate of drug-likeness (QED) is 0.477. The molecule has 0 aliphatic heterocycles. The number of aryl methyl sites for hydroxylation is 1. The Morgan fingerprint density at radius 1 is 1.28 bits per heavy atom. The lowest BCUT2D eigenvalue weighted by Gasteiger charge is -2.07. The molecule has 5 rings (SSSR count). The van der Waals surface area contributed by atoms with Crippen molar-refractivity contribution in [2.75, 3.05) is 10.6 Å². The first-order valence-electron chi connectivity index (χ1n) is 9.17. The van der Waals surface area contributed by atoms with Crippen LogP contribution >= 0.6 is 0 Å². The zero-order valence-electron chi connectivity index (χ0n) is 15.6. The Morgan fingerprint density at radius 3 is 2.90 bits per heavy atom. The number of aromatic hydroxyl groups is 1. The second-order valence-electron chi connectivity index (χ2n) is 7.02. The molecule has 0 atom stereocenters. The highest BCUT2D eigenvalue weighted by Crippen LogP contribution is 2.27. The third-order valence-electron chi connectivity index (χ3n) is 4.58. The average Bonchev–Trinajstić information content (AvgIpc) is 3.22. The van der Waals surface area contributed by atoms with Crippen LogP contribution in [0.5, 0.6) is 5.75 Å². The molecule has 1 saturated carbocycles. The SMILES string of the molecule is Cn1cnc(-c2cc(O)cc(NC(=O)c3cnn4ccc(NC5CC5)nc34)c2)n1. The van der Waals surface area contributed by atoms with Crippen molar-refractivity contribution in [1.29, 1.82) is 0 Å². The summed E-state index contributed by atoms with van der Waals surface area (Å²) in [5, 5.41) is 24.6. The van der Waals surface area contributed by atoms with Crippen molar-refractivity contribution in [3.8, 4) is 17.1 Å². The molecule has 0 bridgehead atoms. The second kappa shape index (κ2) is 6.59. The molecule has 0 unspecified atom stereocenters. The van der Waals surface area contributed by atoms with Gasteiger partial charge in [0, 0.05) is 36.6 Å². The van der Waals surface area contributed by atoms with E-state index >= 15 is 0 Å². The Labute approximate surface area is 165 Å².